The van der Waals surface area contributed by atoms with Crippen LogP contribution in [0, 0.1) is 0 Å². The van der Waals surface area contributed by atoms with Crippen LogP contribution < -0.4 is 5.43 Å². The molecule has 2 heterocycles. The number of halogens is 1. The molecule has 2 N–H and O–H groups in total. The van der Waals surface area contributed by atoms with E-state index in [1.807, 2.05) is 36.4 Å². The molecule has 0 aliphatic carbocycles. The molecule has 1 aromatic heterocycles. The topological polar surface area (TPSA) is 60.8 Å². The summed E-state index contributed by atoms with van der Waals surface area (Å²) in [6.07, 6.45) is 5.90. The van der Waals surface area contributed by atoms with Gasteiger partial charge in [-0.25, -0.2) is 0 Å². The number of pyridine rings is 1. The number of aromatic nitrogens is 1. The molecule has 1 aliphatic rings. The lowest BCUT2D eigenvalue weighted by Gasteiger charge is -2.15. The van der Waals surface area contributed by atoms with Crippen LogP contribution in [0.1, 0.15) is 24.0 Å². The van der Waals surface area contributed by atoms with Crippen LogP contribution in [0.15, 0.2) is 53.8 Å². The van der Waals surface area contributed by atoms with Crippen molar-refractivity contribution in [3.05, 3.63) is 64.8 Å². The van der Waals surface area contributed by atoms with Crippen molar-refractivity contribution >= 4 is 34.4 Å². The number of fused-ring (bicyclic) bond motifs is 1. The molecule has 0 bridgehead atoms. The van der Waals surface area contributed by atoms with Gasteiger partial charge in [0.1, 0.15) is 5.75 Å². The highest BCUT2D eigenvalue weighted by Crippen LogP contribution is 2.25. The van der Waals surface area contributed by atoms with Gasteiger partial charge in [-0.1, -0.05) is 23.7 Å². The number of phenolic OH excluding ortho intramolecular Hbond substituents is 1. The van der Waals surface area contributed by atoms with Crippen LogP contribution in [-0.4, -0.2) is 34.3 Å². The summed E-state index contributed by atoms with van der Waals surface area (Å²) in [5, 5.41) is 16.2. The zero-order valence-corrected chi connectivity index (χ0v) is 15.7. The Bertz CT molecular complexity index is 983. The average Bonchev–Trinajstić information content (AvgIpc) is 3.17. The predicted octanol–water partition coefficient (Wildman–Crippen LogP) is 4.64. The van der Waals surface area contributed by atoms with E-state index in [0.717, 1.165) is 47.4 Å². The van der Waals surface area contributed by atoms with Crippen LogP contribution in [0.4, 0.5) is 5.69 Å². The van der Waals surface area contributed by atoms with Gasteiger partial charge in [-0.3, -0.25) is 15.3 Å². The second kappa shape index (κ2) is 7.94. The number of anilines is 1. The maximum atomic E-state index is 10.3. The Morgan fingerprint density at radius 2 is 2.00 bits per heavy atom. The molecule has 0 spiro atoms. The summed E-state index contributed by atoms with van der Waals surface area (Å²) < 4.78 is 0. The number of hydrazone groups is 1. The lowest BCUT2D eigenvalue weighted by atomic mass is 10.1. The second-order valence-corrected chi connectivity index (χ2v) is 7.20. The first kappa shape index (κ1) is 17.8. The predicted molar refractivity (Wildman–Crippen MR) is 111 cm³/mol. The van der Waals surface area contributed by atoms with Gasteiger partial charge in [-0.15, -0.1) is 0 Å². The van der Waals surface area contributed by atoms with E-state index in [2.05, 4.69) is 20.4 Å². The van der Waals surface area contributed by atoms with E-state index in [9.17, 15) is 5.11 Å². The summed E-state index contributed by atoms with van der Waals surface area (Å²) in [5.74, 6) is 0.315. The van der Waals surface area contributed by atoms with E-state index in [4.69, 9.17) is 11.6 Å². The fourth-order valence-corrected chi connectivity index (χ4v) is 3.54. The smallest absolute Gasteiger partial charge is 0.120 e. The minimum atomic E-state index is 0.315. The van der Waals surface area contributed by atoms with E-state index in [1.165, 1.54) is 12.8 Å². The van der Waals surface area contributed by atoms with Gasteiger partial charge in [-0.05, 0) is 61.8 Å². The van der Waals surface area contributed by atoms with E-state index in [-0.39, 0.29) is 0 Å². The van der Waals surface area contributed by atoms with Gasteiger partial charge in [0, 0.05) is 28.7 Å². The number of phenols is 1. The summed E-state index contributed by atoms with van der Waals surface area (Å²) in [4.78, 5) is 6.69. The average molecular weight is 381 g/mol. The summed E-state index contributed by atoms with van der Waals surface area (Å²) in [6, 6.07) is 13.1. The Balaban J connectivity index is 1.46. The van der Waals surface area contributed by atoms with E-state index >= 15 is 0 Å². The largest absolute Gasteiger partial charge is 0.508 e. The number of benzene rings is 2. The van der Waals surface area contributed by atoms with Crippen LogP contribution in [0.2, 0.25) is 5.02 Å². The number of hydrogen-bond donors (Lipinski definition) is 2. The minimum absolute atomic E-state index is 0.315. The Morgan fingerprint density at radius 1 is 1.15 bits per heavy atom. The molecule has 0 amide bonds. The zero-order valence-electron chi connectivity index (χ0n) is 14.9. The number of aromatic hydroxyl groups is 1. The first-order valence-electron chi connectivity index (χ1n) is 9.07. The van der Waals surface area contributed by atoms with Gasteiger partial charge in [0.25, 0.3) is 0 Å². The van der Waals surface area contributed by atoms with Gasteiger partial charge in [-0.2, -0.15) is 5.10 Å². The van der Waals surface area contributed by atoms with Crippen molar-refractivity contribution in [3.8, 4) is 5.75 Å². The molecule has 27 heavy (non-hydrogen) atoms. The van der Waals surface area contributed by atoms with E-state index in [0.29, 0.717) is 10.8 Å². The first-order valence-corrected chi connectivity index (χ1v) is 9.44. The molecule has 1 fully saturated rings. The Kier molecular flexibility index (Phi) is 5.23. The molecular formula is C21H21ClN4O. The molecule has 0 unspecified atom stereocenters. The van der Waals surface area contributed by atoms with Gasteiger partial charge in [0.2, 0.25) is 0 Å². The SMILES string of the molecule is Oc1cc(/C=N/Nc2ccnc3cc(Cl)ccc23)ccc1CN1CCCC1. The van der Waals surface area contributed by atoms with E-state index < -0.39 is 0 Å². The highest BCUT2D eigenvalue weighted by Gasteiger charge is 2.13. The Labute approximate surface area is 163 Å². The number of nitrogens with zero attached hydrogens (tertiary/aromatic N) is 3. The molecule has 0 radical (unpaired) electrons. The van der Waals surface area contributed by atoms with Crippen molar-refractivity contribution in [2.45, 2.75) is 19.4 Å². The van der Waals surface area contributed by atoms with E-state index in [1.54, 1.807) is 18.5 Å². The molecule has 4 rings (SSSR count). The van der Waals surface area contributed by atoms with Crippen molar-refractivity contribution in [2.24, 2.45) is 5.10 Å². The molecule has 138 valence electrons. The quantitative estimate of drug-likeness (QED) is 0.500. The third-order valence-electron chi connectivity index (χ3n) is 4.81. The van der Waals surface area contributed by atoms with Crippen LogP contribution >= 0.6 is 11.6 Å². The van der Waals surface area contributed by atoms with Crippen LogP contribution in [0.25, 0.3) is 10.9 Å². The molecule has 6 heteroatoms. The van der Waals surface area contributed by atoms with Crippen molar-refractivity contribution in [3.63, 3.8) is 0 Å². The van der Waals surface area contributed by atoms with Gasteiger partial charge < -0.3 is 5.11 Å². The monoisotopic (exact) mass is 380 g/mol. The highest BCUT2D eigenvalue weighted by molar-refractivity contribution is 6.31. The maximum Gasteiger partial charge on any atom is 0.120 e. The summed E-state index contributed by atoms with van der Waals surface area (Å²) in [5.41, 5.74) is 6.50. The zero-order chi connectivity index (χ0) is 18.6. The van der Waals surface area contributed by atoms with Gasteiger partial charge in [0.05, 0.1) is 17.4 Å². The summed E-state index contributed by atoms with van der Waals surface area (Å²) >= 11 is 6.02. The lowest BCUT2D eigenvalue weighted by Crippen LogP contribution is -2.18. The van der Waals surface area contributed by atoms with Crippen molar-refractivity contribution in [2.75, 3.05) is 18.5 Å². The molecule has 1 aliphatic heterocycles. The van der Waals surface area contributed by atoms with Gasteiger partial charge >= 0.3 is 0 Å². The number of rotatable bonds is 5. The minimum Gasteiger partial charge on any atom is -0.508 e. The molecule has 1 saturated heterocycles. The molecule has 0 saturated carbocycles. The third-order valence-corrected chi connectivity index (χ3v) is 5.04. The van der Waals surface area contributed by atoms with Crippen LogP contribution in [0.3, 0.4) is 0 Å². The standard InChI is InChI=1S/C21H21ClN4O/c22-17-5-6-18-19(7-8-23-20(18)12-17)25-24-13-15-3-4-16(21(27)11-15)14-26-9-1-2-10-26/h3-8,11-13,27H,1-2,9-10,14H2,(H,23,25)/b24-13+. The molecule has 2 aromatic carbocycles. The van der Waals surface area contributed by atoms with Gasteiger partial charge in [0.15, 0.2) is 0 Å². The lowest BCUT2D eigenvalue weighted by molar-refractivity contribution is 0.324. The normalized spacial score (nSPS) is 15.0. The summed E-state index contributed by atoms with van der Waals surface area (Å²) in [7, 11) is 0. The van der Waals surface area contributed by atoms with Crippen LogP contribution in [0.5, 0.6) is 5.75 Å². The number of hydrogen-bond acceptors (Lipinski definition) is 5. The maximum absolute atomic E-state index is 10.3. The fourth-order valence-electron chi connectivity index (χ4n) is 3.37. The molecular weight excluding hydrogens is 360 g/mol. The van der Waals surface area contributed by atoms with Crippen molar-refractivity contribution in [1.29, 1.82) is 0 Å². The Morgan fingerprint density at radius 3 is 2.81 bits per heavy atom. The van der Waals surface area contributed by atoms with Crippen molar-refractivity contribution in [1.82, 2.24) is 9.88 Å². The first-order chi connectivity index (χ1) is 13.2. The molecule has 5 nitrogen and oxygen atoms in total. The number of likely N-dealkylation sites (tertiary alicyclic amines) is 1. The molecule has 0 atom stereocenters. The third kappa shape index (κ3) is 4.21. The van der Waals surface area contributed by atoms with Crippen molar-refractivity contribution < 1.29 is 5.11 Å². The van der Waals surface area contributed by atoms with Crippen LogP contribution in [-0.2, 0) is 6.54 Å². The Hall–Kier alpha value is -2.63. The highest BCUT2D eigenvalue weighted by atomic mass is 35.5. The number of nitrogens with one attached hydrogen (secondary N) is 1. The second-order valence-electron chi connectivity index (χ2n) is 6.76. The summed E-state index contributed by atoms with van der Waals surface area (Å²) in [6.45, 7) is 3.02. The molecule has 3 aromatic rings. The fraction of sp³-hybridized carbons (Fsp3) is 0.238.